The van der Waals surface area contributed by atoms with Gasteiger partial charge in [0, 0.05) is 18.1 Å². The second-order valence-electron chi connectivity index (χ2n) is 4.59. The molecule has 1 rings (SSSR count). The zero-order chi connectivity index (χ0) is 13.8. The highest BCUT2D eigenvalue weighted by Crippen LogP contribution is 2.23. The number of hydrogen-bond donors (Lipinski definition) is 1. The van der Waals surface area contributed by atoms with E-state index in [9.17, 15) is 10.1 Å². The van der Waals surface area contributed by atoms with Crippen molar-refractivity contribution in [1.82, 2.24) is 4.90 Å². The third-order valence-electron chi connectivity index (χ3n) is 3.22. The molecular formula is C13H21N3O2. The predicted octanol–water partition coefficient (Wildman–Crippen LogP) is 2.15. The summed E-state index contributed by atoms with van der Waals surface area (Å²) in [5.41, 5.74) is 6.53. The Bertz CT molecular complexity index is 414. The maximum Gasteiger partial charge on any atom is 0.272 e. The van der Waals surface area contributed by atoms with Gasteiger partial charge in [-0.05, 0) is 20.0 Å². The zero-order valence-electron chi connectivity index (χ0n) is 11.2. The summed E-state index contributed by atoms with van der Waals surface area (Å²) < 4.78 is 0. The first-order valence-electron chi connectivity index (χ1n) is 6.18. The quantitative estimate of drug-likeness (QED) is 0.477. The molecule has 5 nitrogen and oxygen atoms in total. The van der Waals surface area contributed by atoms with Gasteiger partial charge < -0.3 is 5.73 Å². The van der Waals surface area contributed by atoms with Gasteiger partial charge in [0.1, 0.15) is 0 Å². The molecule has 0 aliphatic carbocycles. The fourth-order valence-electron chi connectivity index (χ4n) is 2.28. The summed E-state index contributed by atoms with van der Waals surface area (Å²) in [6.07, 6.45) is 0.464. The van der Waals surface area contributed by atoms with Crippen LogP contribution in [0.1, 0.15) is 26.3 Å². The standard InChI is InChI=1S/C13H21N3O2/c1-4-15(5-2)13(3,14)10-11-8-6-7-9-12(11)16(17)18/h6-9H,4-5,10,14H2,1-3H3. The molecule has 18 heavy (non-hydrogen) atoms. The lowest BCUT2D eigenvalue weighted by atomic mass is 9.99. The molecule has 0 saturated heterocycles. The van der Waals surface area contributed by atoms with Crippen molar-refractivity contribution in [3.05, 3.63) is 39.9 Å². The largest absolute Gasteiger partial charge is 0.313 e. The van der Waals surface area contributed by atoms with Crippen molar-refractivity contribution in [3.63, 3.8) is 0 Å². The zero-order valence-corrected chi connectivity index (χ0v) is 11.2. The van der Waals surface area contributed by atoms with E-state index in [0.717, 1.165) is 13.1 Å². The number of nitrogens with zero attached hydrogens (tertiary/aromatic N) is 2. The highest BCUT2D eigenvalue weighted by atomic mass is 16.6. The van der Waals surface area contributed by atoms with E-state index in [-0.39, 0.29) is 10.6 Å². The Morgan fingerprint density at radius 1 is 1.33 bits per heavy atom. The van der Waals surface area contributed by atoms with Crippen molar-refractivity contribution < 1.29 is 4.92 Å². The minimum absolute atomic E-state index is 0.140. The molecule has 2 N–H and O–H groups in total. The van der Waals surface area contributed by atoms with Crippen LogP contribution in [0.15, 0.2) is 24.3 Å². The summed E-state index contributed by atoms with van der Waals surface area (Å²) in [5.74, 6) is 0. The van der Waals surface area contributed by atoms with E-state index < -0.39 is 5.66 Å². The minimum atomic E-state index is -0.574. The molecule has 0 heterocycles. The van der Waals surface area contributed by atoms with E-state index in [1.54, 1.807) is 18.2 Å². The number of nitrogens with two attached hydrogens (primary N) is 1. The SMILES string of the molecule is CCN(CC)C(C)(N)Cc1ccccc1[N+](=O)[O-]. The molecule has 1 atom stereocenters. The van der Waals surface area contributed by atoms with Crippen molar-refractivity contribution in [2.24, 2.45) is 5.73 Å². The van der Waals surface area contributed by atoms with E-state index in [4.69, 9.17) is 5.73 Å². The van der Waals surface area contributed by atoms with Crippen LogP contribution in [0.25, 0.3) is 0 Å². The molecular weight excluding hydrogens is 230 g/mol. The molecule has 1 aromatic rings. The van der Waals surface area contributed by atoms with Crippen LogP contribution in [0.3, 0.4) is 0 Å². The Labute approximate surface area is 108 Å². The fourth-order valence-corrected chi connectivity index (χ4v) is 2.28. The number of benzene rings is 1. The smallest absolute Gasteiger partial charge is 0.272 e. The lowest BCUT2D eigenvalue weighted by molar-refractivity contribution is -0.385. The van der Waals surface area contributed by atoms with Gasteiger partial charge in [0.05, 0.1) is 10.6 Å². The van der Waals surface area contributed by atoms with Crippen LogP contribution in [0.2, 0.25) is 0 Å². The average molecular weight is 251 g/mol. The average Bonchev–Trinajstić information content (AvgIpc) is 2.29. The summed E-state index contributed by atoms with van der Waals surface area (Å²) >= 11 is 0. The molecule has 100 valence electrons. The molecule has 0 spiro atoms. The Morgan fingerprint density at radius 2 is 1.89 bits per heavy atom. The van der Waals surface area contributed by atoms with Crippen LogP contribution in [0, 0.1) is 10.1 Å². The normalized spacial score (nSPS) is 14.5. The topological polar surface area (TPSA) is 72.4 Å². The van der Waals surface area contributed by atoms with Gasteiger partial charge in [0.2, 0.25) is 0 Å². The van der Waals surface area contributed by atoms with Gasteiger partial charge in [-0.25, -0.2) is 0 Å². The summed E-state index contributed by atoms with van der Waals surface area (Å²) in [6, 6.07) is 6.77. The van der Waals surface area contributed by atoms with Gasteiger partial charge in [-0.2, -0.15) is 0 Å². The number of nitro groups is 1. The van der Waals surface area contributed by atoms with Crippen LogP contribution in [0.4, 0.5) is 5.69 Å². The van der Waals surface area contributed by atoms with Crippen LogP contribution < -0.4 is 5.73 Å². The number of rotatable bonds is 6. The minimum Gasteiger partial charge on any atom is -0.313 e. The molecule has 1 aromatic carbocycles. The monoisotopic (exact) mass is 251 g/mol. The molecule has 0 aromatic heterocycles. The first-order chi connectivity index (χ1) is 8.42. The summed E-state index contributed by atoms with van der Waals surface area (Å²) in [4.78, 5) is 12.7. The Morgan fingerprint density at radius 3 is 2.39 bits per heavy atom. The van der Waals surface area contributed by atoms with E-state index in [2.05, 4.69) is 4.90 Å². The van der Waals surface area contributed by atoms with Crippen molar-refractivity contribution >= 4 is 5.69 Å². The summed E-state index contributed by atoms with van der Waals surface area (Å²) in [7, 11) is 0. The maximum atomic E-state index is 11.0. The van der Waals surface area contributed by atoms with Crippen LogP contribution in [-0.4, -0.2) is 28.6 Å². The molecule has 0 aliphatic heterocycles. The van der Waals surface area contributed by atoms with Gasteiger partial charge in [-0.3, -0.25) is 15.0 Å². The van der Waals surface area contributed by atoms with Gasteiger partial charge >= 0.3 is 0 Å². The van der Waals surface area contributed by atoms with Gasteiger partial charge in [0.25, 0.3) is 5.69 Å². The third kappa shape index (κ3) is 3.27. The predicted molar refractivity (Wildman–Crippen MR) is 72.3 cm³/mol. The van der Waals surface area contributed by atoms with Gasteiger partial charge in [0.15, 0.2) is 0 Å². The Hall–Kier alpha value is -1.46. The molecule has 0 aliphatic rings. The van der Waals surface area contributed by atoms with Crippen LogP contribution in [0.5, 0.6) is 0 Å². The molecule has 0 fully saturated rings. The second-order valence-corrected chi connectivity index (χ2v) is 4.59. The fraction of sp³-hybridized carbons (Fsp3) is 0.538. The number of likely N-dealkylation sites (N-methyl/N-ethyl adjacent to an activating group) is 1. The first kappa shape index (κ1) is 14.6. The maximum absolute atomic E-state index is 11.0. The van der Waals surface area contributed by atoms with Gasteiger partial charge in [-0.1, -0.05) is 32.0 Å². The second kappa shape index (κ2) is 5.93. The highest BCUT2D eigenvalue weighted by molar-refractivity contribution is 5.40. The first-order valence-corrected chi connectivity index (χ1v) is 6.18. The summed E-state index contributed by atoms with van der Waals surface area (Å²) in [6.45, 7) is 7.63. The van der Waals surface area contributed by atoms with Crippen LogP contribution >= 0.6 is 0 Å². The van der Waals surface area contributed by atoms with E-state index >= 15 is 0 Å². The van der Waals surface area contributed by atoms with Crippen molar-refractivity contribution in [2.45, 2.75) is 32.9 Å². The van der Waals surface area contributed by atoms with E-state index in [1.165, 1.54) is 6.07 Å². The lowest BCUT2D eigenvalue weighted by Crippen LogP contribution is -2.55. The molecule has 0 radical (unpaired) electrons. The molecule has 5 heteroatoms. The Kier molecular flexibility index (Phi) is 4.81. The molecule has 0 amide bonds. The Balaban J connectivity index is 3.00. The lowest BCUT2D eigenvalue weighted by Gasteiger charge is -2.36. The van der Waals surface area contributed by atoms with E-state index in [0.29, 0.717) is 12.0 Å². The summed E-state index contributed by atoms with van der Waals surface area (Å²) in [5, 5.41) is 11.0. The number of hydrogen-bond acceptors (Lipinski definition) is 4. The van der Waals surface area contributed by atoms with Crippen molar-refractivity contribution in [2.75, 3.05) is 13.1 Å². The van der Waals surface area contributed by atoms with Crippen LogP contribution in [-0.2, 0) is 6.42 Å². The third-order valence-corrected chi connectivity index (χ3v) is 3.22. The van der Waals surface area contributed by atoms with E-state index in [1.807, 2.05) is 20.8 Å². The number of nitro benzene ring substituents is 1. The molecule has 0 bridgehead atoms. The molecule has 1 unspecified atom stereocenters. The van der Waals surface area contributed by atoms with Gasteiger partial charge in [-0.15, -0.1) is 0 Å². The highest BCUT2D eigenvalue weighted by Gasteiger charge is 2.28. The van der Waals surface area contributed by atoms with Crippen molar-refractivity contribution in [1.29, 1.82) is 0 Å². The number of para-hydroxylation sites is 1. The van der Waals surface area contributed by atoms with Crippen molar-refractivity contribution in [3.8, 4) is 0 Å². The molecule has 0 saturated carbocycles.